The number of aliphatic hydroxyl groups is 1. The molecular weight excluding hydrogens is 528 g/mol. The Kier molecular flexibility index (Phi) is 8.02. The number of aromatic nitrogens is 1. The Morgan fingerprint density at radius 1 is 0.900 bits per heavy atom. The molecule has 3 aromatic carbocycles. The molecule has 0 aliphatic carbocycles. The minimum Gasteiger partial charge on any atom is -0.507 e. The van der Waals surface area contributed by atoms with Gasteiger partial charge in [-0.25, -0.2) is 4.98 Å². The Labute approximate surface area is 236 Å². The number of carbonyl (C=O) groups excluding carboxylic acids is 2. The minimum atomic E-state index is -0.913. The van der Waals surface area contributed by atoms with Gasteiger partial charge in [-0.15, -0.1) is 0 Å². The predicted molar refractivity (Wildman–Crippen MR) is 155 cm³/mol. The van der Waals surface area contributed by atoms with Crippen LogP contribution in [0.1, 0.15) is 44.4 Å². The number of carbonyl (C=O) groups is 2. The highest BCUT2D eigenvalue weighted by Crippen LogP contribution is 2.45. The number of aliphatic hydroxyl groups excluding tert-OH is 1. The SMILES string of the molecule is CCCOc1cccc(C2C(=C(O)c3ccc(OCC)cc3)C(=O)C(=O)N2c2nc3ccc(OCC)cc3s2)c1. The van der Waals surface area contributed by atoms with Gasteiger partial charge in [-0.1, -0.05) is 30.4 Å². The number of benzene rings is 3. The van der Waals surface area contributed by atoms with Gasteiger partial charge >= 0.3 is 5.91 Å². The second-order valence-corrected chi connectivity index (χ2v) is 10.1. The topological polar surface area (TPSA) is 98.2 Å². The van der Waals surface area contributed by atoms with E-state index in [-0.39, 0.29) is 11.3 Å². The van der Waals surface area contributed by atoms with Gasteiger partial charge in [-0.05, 0) is 80.4 Å². The number of ketones is 1. The van der Waals surface area contributed by atoms with Gasteiger partial charge in [0.1, 0.15) is 23.0 Å². The average Bonchev–Trinajstić information content (AvgIpc) is 3.50. The van der Waals surface area contributed by atoms with Crippen LogP contribution >= 0.6 is 11.3 Å². The number of thiazole rings is 1. The predicted octanol–water partition coefficient (Wildman–Crippen LogP) is 6.51. The fourth-order valence-electron chi connectivity index (χ4n) is 4.62. The first-order valence-electron chi connectivity index (χ1n) is 13.3. The Bertz CT molecular complexity index is 1580. The van der Waals surface area contributed by atoms with Crippen LogP contribution in [0, 0.1) is 0 Å². The molecular formula is C31H30N2O6S. The largest absolute Gasteiger partial charge is 0.507 e. The van der Waals surface area contributed by atoms with Crippen molar-refractivity contribution in [1.29, 1.82) is 0 Å². The maximum Gasteiger partial charge on any atom is 0.301 e. The van der Waals surface area contributed by atoms with Gasteiger partial charge in [-0.3, -0.25) is 14.5 Å². The third kappa shape index (κ3) is 5.24. The highest BCUT2D eigenvalue weighted by molar-refractivity contribution is 7.22. The summed E-state index contributed by atoms with van der Waals surface area (Å²) in [4.78, 5) is 33.2. The summed E-state index contributed by atoms with van der Waals surface area (Å²) in [6.07, 6.45) is 0.829. The minimum absolute atomic E-state index is 0.0175. The Hall–Kier alpha value is -4.37. The summed E-state index contributed by atoms with van der Waals surface area (Å²) in [5.74, 6) is 0.120. The molecule has 1 aromatic heterocycles. The Morgan fingerprint density at radius 2 is 1.60 bits per heavy atom. The van der Waals surface area contributed by atoms with Gasteiger partial charge in [0.05, 0.1) is 41.7 Å². The van der Waals surface area contributed by atoms with Crippen LogP contribution in [0.3, 0.4) is 0 Å². The molecule has 1 unspecified atom stereocenters. The highest BCUT2D eigenvalue weighted by Gasteiger charge is 2.48. The van der Waals surface area contributed by atoms with E-state index < -0.39 is 17.7 Å². The number of ether oxygens (including phenoxy) is 3. The molecule has 0 spiro atoms. The van der Waals surface area contributed by atoms with Crippen molar-refractivity contribution in [2.24, 2.45) is 0 Å². The van der Waals surface area contributed by atoms with Gasteiger partial charge in [0.15, 0.2) is 5.13 Å². The number of Topliss-reactive ketones (excluding diaryl/α,β-unsaturated/α-hetero) is 1. The zero-order valence-electron chi connectivity index (χ0n) is 22.5. The molecule has 1 saturated heterocycles. The molecule has 9 heteroatoms. The van der Waals surface area contributed by atoms with E-state index in [0.29, 0.717) is 58.8 Å². The van der Waals surface area contributed by atoms with Crippen molar-refractivity contribution < 1.29 is 28.9 Å². The fourth-order valence-corrected chi connectivity index (χ4v) is 5.64. The molecule has 4 aromatic rings. The van der Waals surface area contributed by atoms with E-state index in [1.54, 1.807) is 30.3 Å². The van der Waals surface area contributed by atoms with E-state index in [1.165, 1.54) is 16.2 Å². The molecule has 206 valence electrons. The lowest BCUT2D eigenvalue weighted by atomic mass is 9.95. The average molecular weight is 559 g/mol. The molecule has 1 aliphatic heterocycles. The molecule has 40 heavy (non-hydrogen) atoms. The van der Waals surface area contributed by atoms with E-state index in [9.17, 15) is 14.7 Å². The lowest BCUT2D eigenvalue weighted by Crippen LogP contribution is -2.29. The van der Waals surface area contributed by atoms with Gasteiger partial charge < -0.3 is 19.3 Å². The van der Waals surface area contributed by atoms with Crippen LogP contribution in [0.15, 0.2) is 72.3 Å². The number of fused-ring (bicyclic) bond motifs is 1. The second-order valence-electron chi connectivity index (χ2n) is 9.11. The summed E-state index contributed by atoms with van der Waals surface area (Å²) in [5.41, 5.74) is 1.68. The Balaban J connectivity index is 1.65. The van der Waals surface area contributed by atoms with Crippen LogP contribution in [-0.4, -0.2) is 41.6 Å². The highest BCUT2D eigenvalue weighted by atomic mass is 32.1. The van der Waals surface area contributed by atoms with Gasteiger partial charge in [0.25, 0.3) is 5.78 Å². The van der Waals surface area contributed by atoms with Crippen molar-refractivity contribution in [3.05, 3.63) is 83.4 Å². The van der Waals surface area contributed by atoms with Crippen molar-refractivity contribution >= 4 is 44.1 Å². The summed E-state index contributed by atoms with van der Waals surface area (Å²) in [5, 5.41) is 11.8. The lowest BCUT2D eigenvalue weighted by molar-refractivity contribution is -0.132. The van der Waals surface area contributed by atoms with Crippen molar-refractivity contribution in [3.8, 4) is 17.2 Å². The molecule has 8 nitrogen and oxygen atoms in total. The lowest BCUT2D eigenvalue weighted by Gasteiger charge is -2.23. The molecule has 0 bridgehead atoms. The van der Waals surface area contributed by atoms with Crippen LogP contribution in [0.25, 0.3) is 16.0 Å². The molecule has 0 radical (unpaired) electrons. The molecule has 1 fully saturated rings. The van der Waals surface area contributed by atoms with Gasteiger partial charge in [0, 0.05) is 5.56 Å². The van der Waals surface area contributed by atoms with Crippen molar-refractivity contribution in [2.45, 2.75) is 33.2 Å². The van der Waals surface area contributed by atoms with Crippen LogP contribution in [-0.2, 0) is 9.59 Å². The molecule has 0 saturated carbocycles. The fraction of sp³-hybridized carbons (Fsp3) is 0.258. The van der Waals surface area contributed by atoms with E-state index in [0.717, 1.165) is 11.1 Å². The number of nitrogens with zero attached hydrogens (tertiary/aromatic N) is 2. The number of anilines is 1. The van der Waals surface area contributed by atoms with E-state index in [4.69, 9.17) is 19.2 Å². The zero-order valence-corrected chi connectivity index (χ0v) is 23.4. The monoisotopic (exact) mass is 558 g/mol. The first-order valence-corrected chi connectivity index (χ1v) is 14.1. The number of hydrogen-bond donors (Lipinski definition) is 1. The first kappa shape index (κ1) is 27.2. The summed E-state index contributed by atoms with van der Waals surface area (Å²) >= 11 is 1.28. The molecule has 2 heterocycles. The van der Waals surface area contributed by atoms with Crippen LogP contribution in [0.4, 0.5) is 5.13 Å². The van der Waals surface area contributed by atoms with Crippen molar-refractivity contribution in [1.82, 2.24) is 4.98 Å². The van der Waals surface area contributed by atoms with Crippen LogP contribution in [0.5, 0.6) is 17.2 Å². The van der Waals surface area contributed by atoms with Crippen LogP contribution < -0.4 is 19.1 Å². The molecule has 5 rings (SSSR count). The summed E-state index contributed by atoms with van der Waals surface area (Å²) < 4.78 is 17.8. The standard InChI is InChI=1S/C31H30N2O6S/c1-4-16-39-22-9-7-8-20(17-22)27-26(28(34)19-10-12-21(13-11-19)37-5-2)29(35)30(36)33(27)31-32-24-15-14-23(38-6-3)18-25(24)40-31/h7-15,17-18,27,34H,4-6,16H2,1-3H3. The molecule has 1 atom stereocenters. The van der Waals surface area contributed by atoms with Gasteiger partial charge in [0.2, 0.25) is 0 Å². The summed E-state index contributed by atoms with van der Waals surface area (Å²) in [6.45, 7) is 7.35. The van der Waals surface area contributed by atoms with E-state index in [2.05, 4.69) is 0 Å². The molecule has 1 N–H and O–H groups in total. The van der Waals surface area contributed by atoms with Crippen molar-refractivity contribution in [3.63, 3.8) is 0 Å². The number of hydrogen-bond acceptors (Lipinski definition) is 8. The first-order chi connectivity index (χ1) is 19.4. The summed E-state index contributed by atoms with van der Waals surface area (Å²) in [6, 6.07) is 18.6. The second kappa shape index (κ2) is 11.8. The molecule has 1 aliphatic rings. The molecule has 1 amide bonds. The quantitative estimate of drug-likeness (QED) is 0.135. The van der Waals surface area contributed by atoms with Gasteiger partial charge in [-0.2, -0.15) is 0 Å². The number of amides is 1. The maximum atomic E-state index is 13.6. The van der Waals surface area contributed by atoms with E-state index >= 15 is 0 Å². The van der Waals surface area contributed by atoms with E-state index in [1.807, 2.05) is 57.2 Å². The smallest absolute Gasteiger partial charge is 0.301 e. The normalized spacial score (nSPS) is 16.5. The Morgan fingerprint density at radius 3 is 2.33 bits per heavy atom. The van der Waals surface area contributed by atoms with Crippen molar-refractivity contribution in [2.75, 3.05) is 24.7 Å². The zero-order chi connectivity index (χ0) is 28.2. The third-order valence-electron chi connectivity index (χ3n) is 6.40. The summed E-state index contributed by atoms with van der Waals surface area (Å²) in [7, 11) is 0. The number of rotatable bonds is 10. The third-order valence-corrected chi connectivity index (χ3v) is 7.41. The van der Waals surface area contributed by atoms with Crippen LogP contribution in [0.2, 0.25) is 0 Å². The maximum absolute atomic E-state index is 13.6.